The van der Waals surface area contributed by atoms with Gasteiger partial charge in [0.2, 0.25) is 0 Å². The van der Waals surface area contributed by atoms with Gasteiger partial charge in [-0.05, 0) is 74.8 Å². The molecule has 0 bridgehead atoms. The van der Waals surface area contributed by atoms with Gasteiger partial charge >= 0.3 is 0 Å². The molecule has 0 unspecified atom stereocenters. The first-order valence-corrected chi connectivity index (χ1v) is 13.0. The molecular formula is C29H44N2O. The summed E-state index contributed by atoms with van der Waals surface area (Å²) in [5, 5.41) is 0. The highest BCUT2D eigenvalue weighted by Gasteiger charge is 2.03. The summed E-state index contributed by atoms with van der Waals surface area (Å²) >= 11 is 0. The number of aromatic nitrogens is 2. The lowest BCUT2D eigenvalue weighted by atomic mass is 10.1. The Bertz CT molecular complexity index is 722. The van der Waals surface area contributed by atoms with Gasteiger partial charge in [-0.25, -0.2) is 9.97 Å². The molecule has 1 aromatic heterocycles. The number of ether oxygens (including phenoxy) is 1. The van der Waals surface area contributed by atoms with Crippen molar-refractivity contribution >= 4 is 0 Å². The van der Waals surface area contributed by atoms with Crippen molar-refractivity contribution in [1.82, 2.24) is 9.97 Å². The minimum absolute atomic E-state index is 0.771. The molecule has 0 aliphatic heterocycles. The van der Waals surface area contributed by atoms with Crippen molar-refractivity contribution in [2.75, 3.05) is 6.61 Å². The van der Waals surface area contributed by atoms with Crippen LogP contribution in [-0.4, -0.2) is 16.6 Å². The van der Waals surface area contributed by atoms with E-state index in [0.717, 1.165) is 43.0 Å². The minimum atomic E-state index is 0.771. The molecule has 0 atom stereocenters. The Morgan fingerprint density at radius 3 is 1.94 bits per heavy atom. The third-order valence-electron chi connectivity index (χ3n) is 5.81. The van der Waals surface area contributed by atoms with Gasteiger partial charge in [0.1, 0.15) is 5.75 Å². The maximum atomic E-state index is 5.90. The van der Waals surface area contributed by atoms with Crippen molar-refractivity contribution < 1.29 is 4.74 Å². The molecule has 0 radical (unpaired) electrons. The van der Waals surface area contributed by atoms with Crippen LogP contribution in [0.3, 0.4) is 0 Å². The number of rotatable bonds is 18. The van der Waals surface area contributed by atoms with E-state index in [-0.39, 0.29) is 0 Å². The molecule has 1 aromatic carbocycles. The van der Waals surface area contributed by atoms with Crippen molar-refractivity contribution in [2.24, 2.45) is 0 Å². The summed E-state index contributed by atoms with van der Waals surface area (Å²) in [7, 11) is 0. The van der Waals surface area contributed by atoms with Gasteiger partial charge < -0.3 is 4.74 Å². The van der Waals surface area contributed by atoms with Crippen LogP contribution in [0.2, 0.25) is 0 Å². The molecule has 1 heterocycles. The maximum absolute atomic E-state index is 5.90. The van der Waals surface area contributed by atoms with E-state index < -0.39 is 0 Å². The molecule has 0 N–H and O–H groups in total. The lowest BCUT2D eigenvalue weighted by molar-refractivity contribution is 0.307. The van der Waals surface area contributed by atoms with Crippen LogP contribution >= 0.6 is 0 Å². The molecule has 2 aromatic rings. The van der Waals surface area contributed by atoms with Gasteiger partial charge in [-0.3, -0.25) is 0 Å². The SMILES string of the molecule is CCCCCCC=CCCCCOc1ccc(-c2ncc(CCCCCCC)cn2)cc1. The zero-order chi connectivity index (χ0) is 22.7. The van der Waals surface area contributed by atoms with Crippen LogP contribution < -0.4 is 4.74 Å². The first kappa shape index (κ1) is 26.1. The number of benzene rings is 1. The average molecular weight is 437 g/mol. The highest BCUT2D eigenvalue weighted by Crippen LogP contribution is 2.20. The van der Waals surface area contributed by atoms with Gasteiger partial charge in [-0.1, -0.05) is 70.9 Å². The van der Waals surface area contributed by atoms with Gasteiger partial charge in [-0.15, -0.1) is 0 Å². The first-order valence-electron chi connectivity index (χ1n) is 13.0. The Hall–Kier alpha value is -2.16. The van der Waals surface area contributed by atoms with E-state index in [1.165, 1.54) is 76.2 Å². The fraction of sp³-hybridized carbons (Fsp3) is 0.586. The van der Waals surface area contributed by atoms with Crippen molar-refractivity contribution in [2.45, 2.75) is 104 Å². The Morgan fingerprint density at radius 1 is 0.688 bits per heavy atom. The predicted molar refractivity (Wildman–Crippen MR) is 137 cm³/mol. The molecule has 0 saturated carbocycles. The second-order valence-electron chi connectivity index (χ2n) is 8.77. The standard InChI is InChI=1S/C29H44N2O/c1-3-5-7-9-10-11-12-13-15-17-23-32-28-21-19-27(20-22-28)29-30-24-26(25-31-29)18-16-14-8-6-4-2/h11-12,19-22,24-25H,3-10,13-18,23H2,1-2H3. The number of hydrogen-bond donors (Lipinski definition) is 0. The van der Waals surface area contributed by atoms with E-state index in [2.05, 4.69) is 48.1 Å². The Labute approximate surface area is 196 Å². The van der Waals surface area contributed by atoms with E-state index >= 15 is 0 Å². The normalized spacial score (nSPS) is 11.3. The van der Waals surface area contributed by atoms with Crippen LogP contribution in [0.4, 0.5) is 0 Å². The van der Waals surface area contributed by atoms with Gasteiger partial charge in [0.05, 0.1) is 6.61 Å². The predicted octanol–water partition coefficient (Wildman–Crippen LogP) is 8.73. The van der Waals surface area contributed by atoms with E-state index in [4.69, 9.17) is 4.74 Å². The number of aryl methyl sites for hydroxylation is 1. The number of unbranched alkanes of at least 4 members (excludes halogenated alkanes) is 10. The van der Waals surface area contributed by atoms with Crippen molar-refractivity contribution in [3.63, 3.8) is 0 Å². The molecule has 176 valence electrons. The highest BCUT2D eigenvalue weighted by molar-refractivity contribution is 5.55. The molecule has 0 aliphatic carbocycles. The zero-order valence-electron chi connectivity index (χ0n) is 20.5. The van der Waals surface area contributed by atoms with Crippen LogP contribution in [0, 0.1) is 0 Å². The second-order valence-corrected chi connectivity index (χ2v) is 8.77. The summed E-state index contributed by atoms with van der Waals surface area (Å²) in [6.45, 7) is 5.28. The molecule has 32 heavy (non-hydrogen) atoms. The summed E-state index contributed by atoms with van der Waals surface area (Å²) < 4.78 is 5.90. The Kier molecular flexibility index (Phi) is 14.2. The van der Waals surface area contributed by atoms with Crippen LogP contribution in [-0.2, 0) is 6.42 Å². The second kappa shape index (κ2) is 17.4. The first-order chi connectivity index (χ1) is 15.8. The van der Waals surface area contributed by atoms with E-state index in [0.29, 0.717) is 0 Å². The maximum Gasteiger partial charge on any atom is 0.159 e. The topological polar surface area (TPSA) is 35.0 Å². The van der Waals surface area contributed by atoms with Gasteiger partial charge in [0, 0.05) is 18.0 Å². The smallest absolute Gasteiger partial charge is 0.159 e. The molecule has 2 rings (SSSR count). The van der Waals surface area contributed by atoms with E-state index in [9.17, 15) is 0 Å². The summed E-state index contributed by atoms with van der Waals surface area (Å²) in [6.07, 6.45) is 26.2. The van der Waals surface area contributed by atoms with Crippen molar-refractivity contribution in [1.29, 1.82) is 0 Å². The van der Waals surface area contributed by atoms with Crippen molar-refractivity contribution in [3.05, 3.63) is 54.4 Å². The van der Waals surface area contributed by atoms with E-state index in [1.807, 2.05) is 24.5 Å². The van der Waals surface area contributed by atoms with Crippen LogP contribution in [0.25, 0.3) is 11.4 Å². The Morgan fingerprint density at radius 2 is 1.28 bits per heavy atom. The van der Waals surface area contributed by atoms with Gasteiger partial charge in [0.15, 0.2) is 5.82 Å². The lowest BCUT2D eigenvalue weighted by Crippen LogP contribution is -1.97. The largest absolute Gasteiger partial charge is 0.494 e. The summed E-state index contributed by atoms with van der Waals surface area (Å²) in [5.41, 5.74) is 2.27. The monoisotopic (exact) mass is 436 g/mol. The highest BCUT2D eigenvalue weighted by atomic mass is 16.5. The molecule has 0 aliphatic rings. The molecule has 0 saturated heterocycles. The molecular weight excluding hydrogens is 392 g/mol. The molecule has 3 heteroatoms. The van der Waals surface area contributed by atoms with Gasteiger partial charge in [-0.2, -0.15) is 0 Å². The number of nitrogens with zero attached hydrogens (tertiary/aromatic N) is 2. The fourth-order valence-electron chi connectivity index (χ4n) is 3.74. The fourth-order valence-corrected chi connectivity index (χ4v) is 3.74. The van der Waals surface area contributed by atoms with Crippen LogP contribution in [0.1, 0.15) is 103 Å². The van der Waals surface area contributed by atoms with Crippen molar-refractivity contribution in [3.8, 4) is 17.1 Å². The third-order valence-corrected chi connectivity index (χ3v) is 5.81. The average Bonchev–Trinajstić information content (AvgIpc) is 2.83. The zero-order valence-corrected chi connectivity index (χ0v) is 20.5. The lowest BCUT2D eigenvalue weighted by Gasteiger charge is -2.07. The minimum Gasteiger partial charge on any atom is -0.494 e. The van der Waals surface area contributed by atoms with Gasteiger partial charge in [0.25, 0.3) is 0 Å². The summed E-state index contributed by atoms with van der Waals surface area (Å²) in [5.74, 6) is 1.71. The third kappa shape index (κ3) is 11.5. The molecule has 3 nitrogen and oxygen atoms in total. The molecule has 0 spiro atoms. The summed E-state index contributed by atoms with van der Waals surface area (Å²) in [4.78, 5) is 9.13. The number of allylic oxidation sites excluding steroid dienone is 2. The number of hydrogen-bond acceptors (Lipinski definition) is 3. The van der Waals surface area contributed by atoms with E-state index in [1.54, 1.807) is 0 Å². The Balaban J connectivity index is 1.61. The summed E-state index contributed by atoms with van der Waals surface area (Å²) in [6, 6.07) is 8.15. The molecule has 0 amide bonds. The quantitative estimate of drug-likeness (QED) is 0.173. The van der Waals surface area contributed by atoms with Crippen LogP contribution in [0.5, 0.6) is 5.75 Å². The van der Waals surface area contributed by atoms with Crippen LogP contribution in [0.15, 0.2) is 48.8 Å². The molecule has 0 fully saturated rings.